The number of carbonyl (C=O) groups excluding carboxylic acids is 1. The van der Waals surface area contributed by atoms with E-state index in [0.29, 0.717) is 13.1 Å². The van der Waals surface area contributed by atoms with Crippen LogP contribution in [0, 0.1) is 0 Å². The van der Waals surface area contributed by atoms with E-state index >= 15 is 0 Å². The molecule has 0 N–H and O–H groups in total. The highest BCUT2D eigenvalue weighted by Gasteiger charge is 2.31. The van der Waals surface area contributed by atoms with Gasteiger partial charge in [-0.2, -0.15) is 13.2 Å². The lowest BCUT2D eigenvalue weighted by molar-refractivity contribution is -0.137. The summed E-state index contributed by atoms with van der Waals surface area (Å²) in [5.41, 5.74) is -0.620. The van der Waals surface area contributed by atoms with Gasteiger partial charge in [-0.05, 0) is 31.0 Å². The number of unbranched alkanes of at least 4 members (excludes halogenated alkanes) is 12. The molecule has 0 aromatic heterocycles. The SMILES string of the molecule is CCCCCCCCCN(CCCCCCCCC)C(=O)c1cccc(C(F)(F)F)c1. The Hall–Kier alpha value is -1.52. The van der Waals surface area contributed by atoms with Crippen molar-refractivity contribution in [1.29, 1.82) is 0 Å². The van der Waals surface area contributed by atoms with Gasteiger partial charge in [-0.3, -0.25) is 4.79 Å². The quantitative estimate of drug-likeness (QED) is 0.221. The van der Waals surface area contributed by atoms with Gasteiger partial charge in [-0.25, -0.2) is 0 Å². The van der Waals surface area contributed by atoms with Gasteiger partial charge in [-0.1, -0.05) is 97.0 Å². The summed E-state index contributed by atoms with van der Waals surface area (Å²) in [7, 11) is 0. The van der Waals surface area contributed by atoms with Gasteiger partial charge in [0.1, 0.15) is 0 Å². The third kappa shape index (κ3) is 12.2. The highest BCUT2D eigenvalue weighted by molar-refractivity contribution is 5.94. The molecule has 2 nitrogen and oxygen atoms in total. The molecule has 1 rings (SSSR count). The van der Waals surface area contributed by atoms with Crippen molar-refractivity contribution in [3.63, 3.8) is 0 Å². The number of halogens is 3. The predicted molar refractivity (Wildman–Crippen MR) is 123 cm³/mol. The van der Waals surface area contributed by atoms with Crippen LogP contribution in [-0.2, 0) is 6.18 Å². The number of alkyl halides is 3. The fourth-order valence-corrected chi connectivity index (χ4v) is 3.85. The molecule has 178 valence electrons. The van der Waals surface area contributed by atoms with Crippen molar-refractivity contribution in [2.24, 2.45) is 0 Å². The molecule has 0 heterocycles. The molecule has 1 amide bonds. The minimum Gasteiger partial charge on any atom is -0.339 e. The van der Waals surface area contributed by atoms with Crippen molar-refractivity contribution in [3.05, 3.63) is 35.4 Å². The summed E-state index contributed by atoms with van der Waals surface area (Å²) in [6.07, 6.45) is 11.7. The minimum atomic E-state index is -4.43. The first-order chi connectivity index (χ1) is 14.9. The molecule has 1 aromatic carbocycles. The van der Waals surface area contributed by atoms with E-state index in [4.69, 9.17) is 0 Å². The van der Waals surface area contributed by atoms with E-state index in [1.165, 1.54) is 63.5 Å². The molecule has 1 aromatic rings. The number of hydrogen-bond acceptors (Lipinski definition) is 1. The molecule has 0 saturated carbocycles. The zero-order valence-electron chi connectivity index (χ0n) is 19.6. The van der Waals surface area contributed by atoms with Gasteiger partial charge >= 0.3 is 6.18 Å². The summed E-state index contributed by atoms with van der Waals surface area (Å²) in [5.74, 6) is -0.275. The van der Waals surface area contributed by atoms with Crippen LogP contribution >= 0.6 is 0 Å². The summed E-state index contributed by atoms with van der Waals surface area (Å²) < 4.78 is 39.2. The summed E-state index contributed by atoms with van der Waals surface area (Å²) in [6.45, 7) is 5.64. The van der Waals surface area contributed by atoms with E-state index in [1.807, 2.05) is 0 Å². The highest BCUT2D eigenvalue weighted by atomic mass is 19.4. The molecular formula is C26H42F3NO. The summed E-state index contributed by atoms with van der Waals surface area (Å²) in [4.78, 5) is 14.8. The molecule has 0 saturated heterocycles. The molecule has 31 heavy (non-hydrogen) atoms. The second kappa shape index (κ2) is 16.2. The zero-order chi connectivity index (χ0) is 23.0. The monoisotopic (exact) mass is 441 g/mol. The molecule has 0 fully saturated rings. The van der Waals surface area contributed by atoms with E-state index in [0.717, 1.165) is 50.7 Å². The maximum absolute atomic E-state index is 13.1. The number of hydrogen-bond donors (Lipinski definition) is 0. The number of rotatable bonds is 17. The van der Waals surface area contributed by atoms with Crippen LogP contribution in [0.2, 0.25) is 0 Å². The standard InChI is InChI=1S/C26H42F3NO/c1-3-5-7-9-11-13-15-20-30(21-16-14-12-10-8-6-4-2)25(31)23-18-17-19-24(22-23)26(27,28)29/h17-19,22H,3-16,20-21H2,1-2H3. The maximum Gasteiger partial charge on any atom is 0.416 e. The zero-order valence-corrected chi connectivity index (χ0v) is 19.6. The van der Waals surface area contributed by atoms with Crippen LogP contribution in [-0.4, -0.2) is 23.9 Å². The predicted octanol–water partition coefficient (Wildman–Crippen LogP) is 8.65. The Bertz CT molecular complexity index is 583. The van der Waals surface area contributed by atoms with E-state index in [2.05, 4.69) is 13.8 Å². The first kappa shape index (κ1) is 27.5. The third-order valence-corrected chi connectivity index (χ3v) is 5.79. The van der Waals surface area contributed by atoms with Gasteiger partial charge in [-0.15, -0.1) is 0 Å². The Morgan fingerprint density at radius 3 is 1.65 bits per heavy atom. The van der Waals surface area contributed by atoms with Crippen molar-refractivity contribution in [1.82, 2.24) is 4.90 Å². The largest absolute Gasteiger partial charge is 0.416 e. The van der Waals surface area contributed by atoms with Crippen LogP contribution < -0.4 is 0 Å². The van der Waals surface area contributed by atoms with Gasteiger partial charge in [0, 0.05) is 18.7 Å². The molecular weight excluding hydrogens is 399 g/mol. The average molecular weight is 442 g/mol. The van der Waals surface area contributed by atoms with Crippen LogP contribution in [0.3, 0.4) is 0 Å². The van der Waals surface area contributed by atoms with Crippen molar-refractivity contribution >= 4 is 5.91 Å². The Kier molecular flexibility index (Phi) is 14.3. The lowest BCUT2D eigenvalue weighted by atomic mass is 10.1. The number of nitrogens with zero attached hydrogens (tertiary/aromatic N) is 1. The Morgan fingerprint density at radius 1 is 0.742 bits per heavy atom. The van der Waals surface area contributed by atoms with E-state index in [9.17, 15) is 18.0 Å². The van der Waals surface area contributed by atoms with Gasteiger partial charge in [0.05, 0.1) is 5.56 Å². The van der Waals surface area contributed by atoms with Gasteiger partial charge < -0.3 is 4.90 Å². The van der Waals surface area contributed by atoms with E-state index in [-0.39, 0.29) is 11.5 Å². The smallest absolute Gasteiger partial charge is 0.339 e. The van der Waals surface area contributed by atoms with E-state index in [1.54, 1.807) is 4.90 Å². The summed E-state index contributed by atoms with van der Waals surface area (Å²) >= 11 is 0. The van der Waals surface area contributed by atoms with Crippen LogP contribution in [0.15, 0.2) is 24.3 Å². The molecule has 0 aliphatic heterocycles. The maximum atomic E-state index is 13.1. The molecule has 0 aliphatic rings. The first-order valence-electron chi connectivity index (χ1n) is 12.4. The third-order valence-electron chi connectivity index (χ3n) is 5.79. The molecule has 5 heteroatoms. The Labute approximate surface area is 187 Å². The molecule has 0 radical (unpaired) electrons. The first-order valence-corrected chi connectivity index (χ1v) is 12.4. The van der Waals surface area contributed by atoms with Crippen molar-refractivity contribution in [2.75, 3.05) is 13.1 Å². The Balaban J connectivity index is 2.60. The Morgan fingerprint density at radius 2 is 1.19 bits per heavy atom. The number of carbonyl (C=O) groups is 1. The van der Waals surface area contributed by atoms with Crippen LogP contribution in [0.5, 0.6) is 0 Å². The lowest BCUT2D eigenvalue weighted by Gasteiger charge is -2.23. The second-order valence-corrected chi connectivity index (χ2v) is 8.61. The summed E-state index contributed by atoms with van der Waals surface area (Å²) in [5, 5.41) is 0. The molecule has 0 unspecified atom stereocenters. The highest BCUT2D eigenvalue weighted by Crippen LogP contribution is 2.29. The van der Waals surface area contributed by atoms with Gasteiger partial charge in [0.25, 0.3) is 5.91 Å². The van der Waals surface area contributed by atoms with E-state index < -0.39 is 11.7 Å². The van der Waals surface area contributed by atoms with Crippen molar-refractivity contribution in [2.45, 2.75) is 110 Å². The van der Waals surface area contributed by atoms with Crippen molar-refractivity contribution < 1.29 is 18.0 Å². The van der Waals surface area contributed by atoms with Crippen LogP contribution in [0.25, 0.3) is 0 Å². The summed E-state index contributed by atoms with van der Waals surface area (Å²) in [6, 6.07) is 4.84. The topological polar surface area (TPSA) is 20.3 Å². The molecule has 0 spiro atoms. The second-order valence-electron chi connectivity index (χ2n) is 8.61. The van der Waals surface area contributed by atoms with Crippen LogP contribution in [0.4, 0.5) is 13.2 Å². The molecule has 0 atom stereocenters. The van der Waals surface area contributed by atoms with Gasteiger partial charge in [0.2, 0.25) is 0 Å². The molecule has 0 bridgehead atoms. The van der Waals surface area contributed by atoms with Gasteiger partial charge in [0.15, 0.2) is 0 Å². The fraction of sp³-hybridized carbons (Fsp3) is 0.731. The number of amides is 1. The fourth-order valence-electron chi connectivity index (χ4n) is 3.85. The lowest BCUT2D eigenvalue weighted by Crippen LogP contribution is -2.33. The van der Waals surface area contributed by atoms with Crippen LogP contribution in [0.1, 0.15) is 120 Å². The number of benzene rings is 1. The average Bonchev–Trinajstić information content (AvgIpc) is 2.75. The minimum absolute atomic E-state index is 0.140. The normalized spacial score (nSPS) is 11.6. The molecule has 0 aliphatic carbocycles. The van der Waals surface area contributed by atoms with Crippen molar-refractivity contribution in [3.8, 4) is 0 Å².